The fraction of sp³-hybridized carbons (Fsp3) is 0.118. The van der Waals surface area contributed by atoms with E-state index < -0.39 is 0 Å². The molecule has 0 N–H and O–H groups in total. The van der Waals surface area contributed by atoms with E-state index in [1.165, 1.54) is 0 Å². The maximum Gasteiger partial charge on any atom is 0.186 e. The number of fused-ring (bicyclic) bond motifs is 1. The van der Waals surface area contributed by atoms with E-state index in [0.717, 1.165) is 21.5 Å². The molecule has 2 aromatic carbocycles. The van der Waals surface area contributed by atoms with E-state index in [-0.39, 0.29) is 5.78 Å². The molecule has 0 fully saturated rings. The van der Waals surface area contributed by atoms with Crippen LogP contribution in [0.5, 0.6) is 11.5 Å². The number of rotatable bonds is 3. The van der Waals surface area contributed by atoms with Crippen molar-refractivity contribution < 1.29 is 14.3 Å². The van der Waals surface area contributed by atoms with Gasteiger partial charge < -0.3 is 9.47 Å². The fourth-order valence-electron chi connectivity index (χ4n) is 2.09. The van der Waals surface area contributed by atoms with Gasteiger partial charge in [0.1, 0.15) is 13.2 Å². The highest BCUT2D eigenvalue weighted by atomic mass is 79.9. The topological polar surface area (TPSA) is 35.5 Å². The number of carbonyl (C=O) groups excluding carboxylic acids is 1. The Hall–Kier alpha value is -2.07. The molecule has 3 nitrogen and oxygen atoms in total. The molecular formula is C17H13BrO3. The van der Waals surface area contributed by atoms with Crippen molar-refractivity contribution in [1.29, 1.82) is 0 Å². The van der Waals surface area contributed by atoms with Crippen molar-refractivity contribution in [1.82, 2.24) is 0 Å². The van der Waals surface area contributed by atoms with Gasteiger partial charge in [0.25, 0.3) is 0 Å². The van der Waals surface area contributed by atoms with Gasteiger partial charge in [0.2, 0.25) is 0 Å². The van der Waals surface area contributed by atoms with Crippen molar-refractivity contribution in [3.8, 4) is 11.5 Å². The summed E-state index contributed by atoms with van der Waals surface area (Å²) in [5, 5.41) is 0. The van der Waals surface area contributed by atoms with Gasteiger partial charge >= 0.3 is 0 Å². The molecule has 0 unspecified atom stereocenters. The molecule has 0 aromatic heterocycles. The molecule has 1 aliphatic rings. The van der Waals surface area contributed by atoms with Crippen molar-refractivity contribution in [2.45, 2.75) is 0 Å². The number of benzene rings is 2. The number of hydrogen-bond donors (Lipinski definition) is 0. The lowest BCUT2D eigenvalue weighted by atomic mass is 10.1. The summed E-state index contributed by atoms with van der Waals surface area (Å²) in [5.74, 6) is 1.42. The summed E-state index contributed by atoms with van der Waals surface area (Å²) in [7, 11) is 0. The highest BCUT2D eigenvalue weighted by Gasteiger charge is 2.11. The van der Waals surface area contributed by atoms with Crippen LogP contribution >= 0.6 is 15.9 Å². The van der Waals surface area contributed by atoms with E-state index in [1.54, 1.807) is 18.2 Å². The van der Waals surface area contributed by atoms with Crippen LogP contribution in [0, 0.1) is 0 Å². The molecule has 1 aliphatic heterocycles. The lowest BCUT2D eigenvalue weighted by Crippen LogP contribution is -2.15. The molecule has 0 radical (unpaired) electrons. The summed E-state index contributed by atoms with van der Waals surface area (Å²) in [6.45, 7) is 1.12. The van der Waals surface area contributed by atoms with Gasteiger partial charge in [-0.05, 0) is 35.9 Å². The maximum absolute atomic E-state index is 12.2. The minimum absolute atomic E-state index is 0.0441. The Morgan fingerprint density at radius 3 is 2.62 bits per heavy atom. The Kier molecular flexibility index (Phi) is 4.06. The molecule has 0 spiro atoms. The van der Waals surface area contributed by atoms with E-state index in [4.69, 9.17) is 9.47 Å². The van der Waals surface area contributed by atoms with Gasteiger partial charge in [-0.25, -0.2) is 0 Å². The Bertz CT molecular complexity index is 707. The second kappa shape index (κ2) is 6.14. The zero-order valence-corrected chi connectivity index (χ0v) is 12.8. The van der Waals surface area contributed by atoms with Crippen LogP contribution in [0.2, 0.25) is 0 Å². The van der Waals surface area contributed by atoms with Crippen molar-refractivity contribution in [2.24, 2.45) is 0 Å². The molecule has 0 saturated heterocycles. The summed E-state index contributed by atoms with van der Waals surface area (Å²) in [5.41, 5.74) is 1.55. The van der Waals surface area contributed by atoms with E-state index in [2.05, 4.69) is 15.9 Å². The Balaban J connectivity index is 1.80. The zero-order valence-electron chi connectivity index (χ0n) is 11.2. The predicted octanol–water partition coefficient (Wildman–Crippen LogP) is 4.12. The minimum atomic E-state index is -0.0441. The quantitative estimate of drug-likeness (QED) is 0.620. The molecule has 0 aliphatic carbocycles. The van der Waals surface area contributed by atoms with Crippen molar-refractivity contribution >= 4 is 27.8 Å². The van der Waals surface area contributed by atoms with Crippen LogP contribution in [-0.2, 0) is 0 Å². The first-order valence-corrected chi connectivity index (χ1v) is 7.40. The molecule has 106 valence electrons. The molecule has 0 saturated carbocycles. The average molecular weight is 345 g/mol. The number of ketones is 1. The van der Waals surface area contributed by atoms with E-state index in [0.29, 0.717) is 18.8 Å². The van der Waals surface area contributed by atoms with Crippen molar-refractivity contribution in [2.75, 3.05) is 13.2 Å². The number of hydrogen-bond acceptors (Lipinski definition) is 3. The SMILES string of the molecule is O=C(/C=C/c1ccc2c(c1)OCCO2)c1ccccc1Br. The van der Waals surface area contributed by atoms with Gasteiger partial charge in [0, 0.05) is 10.0 Å². The normalized spacial score (nSPS) is 13.4. The smallest absolute Gasteiger partial charge is 0.186 e. The highest BCUT2D eigenvalue weighted by molar-refractivity contribution is 9.10. The Morgan fingerprint density at radius 1 is 1.05 bits per heavy atom. The van der Waals surface area contributed by atoms with Gasteiger partial charge in [-0.3, -0.25) is 4.79 Å². The molecule has 2 aromatic rings. The van der Waals surface area contributed by atoms with Crippen LogP contribution in [0.1, 0.15) is 15.9 Å². The zero-order chi connectivity index (χ0) is 14.7. The predicted molar refractivity (Wildman–Crippen MR) is 84.9 cm³/mol. The van der Waals surface area contributed by atoms with Crippen LogP contribution in [0.4, 0.5) is 0 Å². The van der Waals surface area contributed by atoms with Gasteiger partial charge in [0.05, 0.1) is 0 Å². The fourth-order valence-corrected chi connectivity index (χ4v) is 2.57. The van der Waals surface area contributed by atoms with E-state index >= 15 is 0 Å². The van der Waals surface area contributed by atoms with Gasteiger partial charge in [-0.1, -0.05) is 40.2 Å². The summed E-state index contributed by atoms with van der Waals surface area (Å²) in [4.78, 5) is 12.2. The van der Waals surface area contributed by atoms with Crippen LogP contribution in [-0.4, -0.2) is 19.0 Å². The first kappa shape index (κ1) is 13.9. The Morgan fingerprint density at radius 2 is 1.81 bits per heavy atom. The molecule has 4 heteroatoms. The van der Waals surface area contributed by atoms with Gasteiger partial charge in [0.15, 0.2) is 17.3 Å². The first-order valence-electron chi connectivity index (χ1n) is 6.60. The second-order valence-electron chi connectivity index (χ2n) is 4.58. The lowest BCUT2D eigenvalue weighted by molar-refractivity contribution is 0.104. The molecular weight excluding hydrogens is 332 g/mol. The molecule has 1 heterocycles. The summed E-state index contributed by atoms with van der Waals surface area (Å²) < 4.78 is 11.8. The second-order valence-corrected chi connectivity index (χ2v) is 5.43. The standard InChI is InChI=1S/C17H13BrO3/c18-14-4-2-1-3-13(14)15(19)7-5-12-6-8-16-17(11-12)21-10-9-20-16/h1-8,11H,9-10H2/b7-5+. The monoisotopic (exact) mass is 344 g/mol. The molecule has 0 bridgehead atoms. The molecule has 0 atom stereocenters. The summed E-state index contributed by atoms with van der Waals surface area (Å²) in [6.07, 6.45) is 3.34. The molecule has 3 rings (SSSR count). The van der Waals surface area contributed by atoms with Crippen molar-refractivity contribution in [3.05, 3.63) is 64.1 Å². The minimum Gasteiger partial charge on any atom is -0.486 e. The molecule has 21 heavy (non-hydrogen) atoms. The number of allylic oxidation sites excluding steroid dienone is 1. The average Bonchev–Trinajstić information content (AvgIpc) is 2.53. The summed E-state index contributed by atoms with van der Waals surface area (Å²) in [6, 6.07) is 13.0. The third-order valence-corrected chi connectivity index (χ3v) is 3.82. The van der Waals surface area contributed by atoms with E-state index in [9.17, 15) is 4.79 Å². The van der Waals surface area contributed by atoms with Crippen LogP contribution in [0.15, 0.2) is 53.0 Å². The first-order chi connectivity index (χ1) is 10.2. The van der Waals surface area contributed by atoms with Crippen LogP contribution < -0.4 is 9.47 Å². The summed E-state index contributed by atoms with van der Waals surface area (Å²) >= 11 is 3.38. The van der Waals surface area contributed by atoms with Gasteiger partial charge in [-0.2, -0.15) is 0 Å². The number of ether oxygens (including phenoxy) is 2. The maximum atomic E-state index is 12.2. The lowest BCUT2D eigenvalue weighted by Gasteiger charge is -2.18. The van der Waals surface area contributed by atoms with Crippen molar-refractivity contribution in [3.63, 3.8) is 0 Å². The van der Waals surface area contributed by atoms with Crippen LogP contribution in [0.3, 0.4) is 0 Å². The Labute approximate surface area is 131 Å². The van der Waals surface area contributed by atoms with E-state index in [1.807, 2.05) is 36.4 Å². The highest BCUT2D eigenvalue weighted by Crippen LogP contribution is 2.31. The molecule has 0 amide bonds. The number of carbonyl (C=O) groups is 1. The third kappa shape index (κ3) is 3.16. The van der Waals surface area contributed by atoms with Gasteiger partial charge in [-0.15, -0.1) is 0 Å². The third-order valence-electron chi connectivity index (χ3n) is 3.13. The number of halogens is 1. The van der Waals surface area contributed by atoms with Crippen LogP contribution in [0.25, 0.3) is 6.08 Å². The largest absolute Gasteiger partial charge is 0.486 e.